The van der Waals surface area contributed by atoms with Gasteiger partial charge in [-0.1, -0.05) is 6.92 Å². The summed E-state index contributed by atoms with van der Waals surface area (Å²) >= 11 is 0. The third kappa shape index (κ3) is 4.89. The minimum absolute atomic E-state index is 0.105. The molecule has 7 heteroatoms. The van der Waals surface area contributed by atoms with Gasteiger partial charge >= 0.3 is 5.90 Å². The van der Waals surface area contributed by atoms with Crippen molar-refractivity contribution in [3.63, 3.8) is 0 Å². The molecule has 0 saturated heterocycles. The van der Waals surface area contributed by atoms with E-state index in [0.717, 1.165) is 0 Å². The van der Waals surface area contributed by atoms with E-state index in [-0.39, 0.29) is 5.90 Å². The van der Waals surface area contributed by atoms with Crippen molar-refractivity contribution in [2.45, 2.75) is 13.3 Å². The molecule has 0 heterocycles. The van der Waals surface area contributed by atoms with Gasteiger partial charge in [0, 0.05) is 0 Å². The van der Waals surface area contributed by atoms with Crippen molar-refractivity contribution in [3.8, 4) is 0 Å². The van der Waals surface area contributed by atoms with Crippen molar-refractivity contribution in [1.29, 1.82) is 5.53 Å². The fraction of sp³-hybridized carbons (Fsp3) is 0.500. The number of nitrogens with zero attached hydrogens (tertiary/aromatic N) is 1. The van der Waals surface area contributed by atoms with Crippen LogP contribution >= 0.6 is 0 Å². The van der Waals surface area contributed by atoms with Crippen LogP contribution in [0.2, 0.25) is 0 Å². The third-order valence-corrected chi connectivity index (χ3v) is 0.659. The minimum Gasteiger partial charge on any atom is -0.424 e. The zero-order valence-electron chi connectivity index (χ0n) is 5.70. The lowest BCUT2D eigenvalue weighted by Gasteiger charge is -2.00. The van der Waals surface area contributed by atoms with Crippen LogP contribution in [0.25, 0.3) is 0 Å². The molecule has 0 saturated carbocycles. The van der Waals surface area contributed by atoms with Crippen molar-refractivity contribution in [2.24, 2.45) is 0 Å². The molecule has 0 bridgehead atoms. The summed E-state index contributed by atoms with van der Waals surface area (Å²) in [5.74, 6) is -0.105. The Balaban J connectivity index is 3.53. The third-order valence-electron chi connectivity index (χ3n) is 0.659. The number of carbonyl (C=O) groups excluding carboxylic acids is 1. The van der Waals surface area contributed by atoms with Gasteiger partial charge in [0.2, 0.25) is 0 Å². The number of hydrogen-bond acceptors (Lipinski definition) is 6. The molecule has 0 aliphatic heterocycles. The van der Waals surface area contributed by atoms with E-state index in [1.165, 1.54) is 0 Å². The summed E-state index contributed by atoms with van der Waals surface area (Å²) in [6, 6.07) is 0. The molecule has 62 valence electrons. The van der Waals surface area contributed by atoms with Crippen molar-refractivity contribution in [3.05, 3.63) is 0 Å². The Morgan fingerprint density at radius 1 is 1.64 bits per heavy atom. The fourth-order valence-corrected chi connectivity index (χ4v) is 0.241. The van der Waals surface area contributed by atoms with E-state index in [1.54, 1.807) is 6.92 Å². The quantitative estimate of drug-likeness (QED) is 0.147. The van der Waals surface area contributed by atoms with Gasteiger partial charge < -0.3 is 14.8 Å². The smallest absolute Gasteiger partial charge is 0.424 e. The molecule has 0 rings (SSSR count). The van der Waals surface area contributed by atoms with Gasteiger partial charge in [0.1, 0.15) is 0 Å². The molecule has 0 aliphatic rings. The second-order valence-electron chi connectivity index (χ2n) is 1.34. The Bertz CT molecular complexity index is 185. The highest BCUT2D eigenvalue weighted by molar-refractivity contribution is 5.68. The molecule has 7 nitrogen and oxygen atoms in total. The zero-order valence-corrected chi connectivity index (χ0v) is 5.70. The first-order chi connectivity index (χ1) is 5.20. The molecule has 0 amide bonds. The zero-order chi connectivity index (χ0) is 8.69. The van der Waals surface area contributed by atoms with Crippen LogP contribution in [0.15, 0.2) is 0 Å². The normalized spacial score (nSPS) is 8.09. The van der Waals surface area contributed by atoms with E-state index >= 15 is 0 Å². The predicted octanol–water partition coefficient (Wildman–Crippen LogP) is -0.743. The van der Waals surface area contributed by atoms with Gasteiger partial charge in [-0.2, -0.15) is 0 Å². The van der Waals surface area contributed by atoms with E-state index in [9.17, 15) is 9.90 Å². The molecule has 0 aromatic carbocycles. The lowest BCUT2D eigenvalue weighted by Crippen LogP contribution is -2.24. The predicted molar refractivity (Wildman–Crippen MR) is 26.9 cm³/mol. The Labute approximate surface area is 61.6 Å². The van der Waals surface area contributed by atoms with Crippen LogP contribution in [0.4, 0.5) is 4.79 Å². The first-order valence-corrected chi connectivity index (χ1v) is 2.66. The molecule has 0 radical (unpaired) electrons. The molecule has 0 aromatic heterocycles. The maximum atomic E-state index is 9.53. The van der Waals surface area contributed by atoms with E-state index < -0.39 is 6.16 Å². The van der Waals surface area contributed by atoms with Crippen LogP contribution in [0.3, 0.4) is 0 Å². The maximum absolute atomic E-state index is 9.53. The fourth-order valence-electron chi connectivity index (χ4n) is 0.241. The summed E-state index contributed by atoms with van der Waals surface area (Å²) in [4.78, 5) is 19.8. The van der Waals surface area contributed by atoms with Gasteiger partial charge in [-0.25, -0.2) is 4.89 Å². The van der Waals surface area contributed by atoms with Crippen LogP contribution in [0, 0.1) is 5.53 Å². The molecule has 11 heavy (non-hydrogen) atoms. The van der Waals surface area contributed by atoms with Gasteiger partial charge in [0.15, 0.2) is 0 Å². The number of hydrogen-bond donors (Lipinski definition) is 1. The molecule has 0 unspecified atom stereocenters. The van der Waals surface area contributed by atoms with Crippen molar-refractivity contribution in [1.82, 2.24) is 0 Å². The van der Waals surface area contributed by atoms with Crippen LogP contribution in [-0.4, -0.2) is 16.8 Å². The van der Waals surface area contributed by atoms with E-state index in [0.29, 0.717) is 6.42 Å². The topological polar surface area (TPSA) is 106 Å². The van der Waals surface area contributed by atoms with E-state index in [2.05, 4.69) is 19.6 Å². The largest absolute Gasteiger partial charge is 0.532 e. The van der Waals surface area contributed by atoms with Gasteiger partial charge in [0.05, 0.1) is 16.7 Å². The van der Waals surface area contributed by atoms with Crippen molar-refractivity contribution in [2.75, 3.05) is 0 Å². The molecule has 0 fully saturated rings. The van der Waals surface area contributed by atoms with Gasteiger partial charge in [-0.05, 0) is 5.04 Å². The Morgan fingerprint density at radius 3 is 2.64 bits per heavy atom. The Morgan fingerprint density at radius 2 is 2.27 bits per heavy atom. The van der Waals surface area contributed by atoms with Crippen LogP contribution in [-0.2, 0) is 14.8 Å². The molecule has 0 atom stereocenters. The number of nitrogens with one attached hydrogen (secondary N) is 1. The van der Waals surface area contributed by atoms with Crippen LogP contribution in [0.5, 0.6) is 0 Å². The van der Waals surface area contributed by atoms with Crippen LogP contribution in [0.1, 0.15) is 13.3 Å². The highest BCUT2D eigenvalue weighted by atomic mass is 17.5. The summed E-state index contributed by atoms with van der Waals surface area (Å²) < 4.78 is 0. The lowest BCUT2D eigenvalue weighted by atomic mass is 10.5. The molecule has 0 aromatic rings. The first-order valence-electron chi connectivity index (χ1n) is 2.66. The molecular formula is C4H6N2O5. The summed E-state index contributed by atoms with van der Waals surface area (Å²) in [6.45, 7) is 1.63. The van der Waals surface area contributed by atoms with Crippen LogP contribution < -0.4 is 5.11 Å². The summed E-state index contributed by atoms with van der Waals surface area (Å²) in [5, 5.41) is 13.2. The average molecular weight is 162 g/mol. The highest BCUT2D eigenvalue weighted by Gasteiger charge is 2.09. The second kappa shape index (κ2) is 5.21. The summed E-state index contributed by atoms with van der Waals surface area (Å²) in [7, 11) is 0. The number of carboxylic acid groups (broad SMARTS) is 1. The van der Waals surface area contributed by atoms with Crippen molar-refractivity contribution >= 4 is 12.1 Å². The second-order valence-corrected chi connectivity index (χ2v) is 1.34. The molecule has 0 aliphatic carbocycles. The van der Waals surface area contributed by atoms with Gasteiger partial charge in [0.25, 0.3) is 6.16 Å². The van der Waals surface area contributed by atoms with Crippen molar-refractivity contribution < 1.29 is 29.5 Å². The summed E-state index contributed by atoms with van der Waals surface area (Å²) in [6.07, 6.45) is -1.59. The standard InChI is InChI=1S/C4H6N2O5/c1-2-3(6-5)9-11-10-4(7)8/h5H,2H2,1H3. The lowest BCUT2D eigenvalue weighted by molar-refractivity contribution is -0.485. The SMILES string of the molecule is CCC(=[N+]=N)OOOC(=O)[O-]. The monoisotopic (exact) mass is 162 g/mol. The summed E-state index contributed by atoms with van der Waals surface area (Å²) in [5.41, 5.74) is 6.41. The van der Waals surface area contributed by atoms with Gasteiger partial charge in [-0.3, -0.25) is 0 Å². The van der Waals surface area contributed by atoms with Gasteiger partial charge in [-0.15, -0.1) is 0 Å². The molecule has 0 spiro atoms. The Kier molecular flexibility index (Phi) is 4.46. The number of rotatable bonds is 3. The van der Waals surface area contributed by atoms with E-state index in [1.807, 2.05) is 0 Å². The number of carbonyl (C=O) groups is 1. The highest BCUT2D eigenvalue weighted by Crippen LogP contribution is 1.86. The van der Waals surface area contributed by atoms with E-state index in [4.69, 9.17) is 5.53 Å². The molecule has 1 N–H and O–H groups in total. The first kappa shape index (κ1) is 9.41. The maximum Gasteiger partial charge on any atom is 0.532 e. The Hall–Kier alpha value is -1.59. The molecular weight excluding hydrogens is 156 g/mol. The minimum atomic E-state index is -1.88. The average Bonchev–Trinajstić information content (AvgIpc) is 1.98.